The number of unbranched alkanes of at least 4 members (excludes halogenated alkanes) is 1. The van der Waals surface area contributed by atoms with Gasteiger partial charge in [0.25, 0.3) is 0 Å². The van der Waals surface area contributed by atoms with E-state index in [2.05, 4.69) is 49.4 Å². The van der Waals surface area contributed by atoms with Crippen molar-refractivity contribution in [3.05, 3.63) is 54.6 Å². The summed E-state index contributed by atoms with van der Waals surface area (Å²) in [5.41, 5.74) is 2.21. The molecule has 0 bridgehead atoms. The van der Waals surface area contributed by atoms with Gasteiger partial charge in [0.1, 0.15) is 0 Å². The molecule has 0 aliphatic rings. The first kappa shape index (κ1) is 10.9. The molecule has 0 aliphatic heterocycles. The van der Waals surface area contributed by atoms with Gasteiger partial charge in [-0.05, 0) is 34.8 Å². The molecule has 0 aliphatic carbocycles. The first-order valence-electron chi connectivity index (χ1n) is 5.92. The van der Waals surface area contributed by atoms with Gasteiger partial charge >= 0.3 is 0 Å². The molecule has 2 rings (SSSR count). The van der Waals surface area contributed by atoms with Crippen molar-refractivity contribution in [3.63, 3.8) is 0 Å². The van der Waals surface area contributed by atoms with Crippen molar-refractivity contribution in [2.24, 2.45) is 0 Å². The molecule has 81 valence electrons. The van der Waals surface area contributed by atoms with Crippen molar-refractivity contribution in [1.82, 2.24) is 0 Å². The largest absolute Gasteiger partial charge is 0.0654 e. The third-order valence-electron chi connectivity index (χ3n) is 2.94. The minimum Gasteiger partial charge on any atom is -0.0654 e. The Kier molecular flexibility index (Phi) is 3.40. The lowest BCUT2D eigenvalue weighted by Gasteiger charge is -2.08. The minimum atomic E-state index is 0.991. The molecule has 0 atom stereocenters. The quantitative estimate of drug-likeness (QED) is 0.675. The van der Waals surface area contributed by atoms with Gasteiger partial charge in [0.15, 0.2) is 0 Å². The number of benzene rings is 2. The molecule has 0 fully saturated rings. The number of rotatable bonds is 4. The molecule has 0 unspecified atom stereocenters. The summed E-state index contributed by atoms with van der Waals surface area (Å²) in [6, 6.07) is 14.7. The van der Waals surface area contributed by atoms with Crippen LogP contribution in [0, 0.1) is 6.58 Å². The molecule has 2 aromatic carbocycles. The first-order chi connectivity index (χ1) is 7.83. The summed E-state index contributed by atoms with van der Waals surface area (Å²) in [6.07, 6.45) is 3.34. The lowest BCUT2D eigenvalue weighted by atomic mass is 9.96. The van der Waals surface area contributed by atoms with Crippen LogP contribution in [0.25, 0.3) is 16.3 Å². The van der Waals surface area contributed by atoms with Crippen molar-refractivity contribution >= 4 is 16.3 Å². The fourth-order valence-corrected chi connectivity index (χ4v) is 2.01. The second-order valence-corrected chi connectivity index (χ2v) is 4.16. The van der Waals surface area contributed by atoms with Crippen LogP contribution in [0.4, 0.5) is 0 Å². The van der Waals surface area contributed by atoms with E-state index >= 15 is 0 Å². The minimum absolute atomic E-state index is 0.991. The first-order valence-corrected chi connectivity index (χ1v) is 5.92. The van der Waals surface area contributed by atoms with Crippen LogP contribution in [-0.4, -0.2) is 0 Å². The van der Waals surface area contributed by atoms with Crippen molar-refractivity contribution in [1.29, 1.82) is 0 Å². The Morgan fingerprint density at radius 3 is 2.62 bits per heavy atom. The standard InChI is InChI=1S/C16H17/c1-3-4-8-13(2)15-12-7-10-14-9-5-6-11-16(14)15/h2,5-7,9-12H,3-4,8H2,1H3. The van der Waals surface area contributed by atoms with E-state index < -0.39 is 0 Å². The number of fused-ring (bicyclic) bond motifs is 1. The second kappa shape index (κ2) is 4.98. The maximum Gasteiger partial charge on any atom is -0.0109 e. The molecule has 0 amide bonds. The average Bonchev–Trinajstić information content (AvgIpc) is 2.35. The number of allylic oxidation sites excluding steroid dienone is 1. The Hall–Kier alpha value is -1.56. The average molecular weight is 209 g/mol. The summed E-state index contributed by atoms with van der Waals surface area (Å²) in [5, 5.41) is 2.53. The number of hydrogen-bond donors (Lipinski definition) is 0. The van der Waals surface area contributed by atoms with E-state index in [1.807, 2.05) is 0 Å². The fourth-order valence-electron chi connectivity index (χ4n) is 2.01. The Labute approximate surface area is 97.6 Å². The molecular formula is C16H17. The van der Waals surface area contributed by atoms with Crippen molar-refractivity contribution < 1.29 is 0 Å². The highest BCUT2D eigenvalue weighted by atomic mass is 14.1. The molecule has 16 heavy (non-hydrogen) atoms. The summed E-state index contributed by atoms with van der Waals surface area (Å²) in [6.45, 7) is 8.35. The molecule has 0 heteroatoms. The van der Waals surface area contributed by atoms with Crippen LogP contribution in [-0.2, 0) is 0 Å². The molecule has 0 saturated carbocycles. The van der Waals surface area contributed by atoms with Gasteiger partial charge in [-0.2, -0.15) is 0 Å². The Bertz CT molecular complexity index is 489. The normalized spacial score (nSPS) is 10.6. The van der Waals surface area contributed by atoms with Gasteiger partial charge in [0.2, 0.25) is 0 Å². The molecule has 0 N–H and O–H groups in total. The highest BCUT2D eigenvalue weighted by Gasteiger charge is 2.03. The van der Waals surface area contributed by atoms with Crippen LogP contribution in [0.15, 0.2) is 42.5 Å². The summed E-state index contributed by atoms with van der Waals surface area (Å²) in [7, 11) is 0. The van der Waals surface area contributed by atoms with Gasteiger partial charge in [0, 0.05) is 0 Å². The molecule has 0 aromatic heterocycles. The van der Waals surface area contributed by atoms with Crippen LogP contribution < -0.4 is 0 Å². The van der Waals surface area contributed by atoms with Crippen molar-refractivity contribution in [2.75, 3.05) is 0 Å². The monoisotopic (exact) mass is 209 g/mol. The molecule has 0 spiro atoms. The maximum atomic E-state index is 6.16. The third kappa shape index (κ3) is 2.16. The Balaban J connectivity index is 2.40. The van der Waals surface area contributed by atoms with Crippen LogP contribution in [0.5, 0.6) is 0 Å². The molecular weight excluding hydrogens is 192 g/mol. The molecule has 1 radical (unpaired) electrons. The highest BCUT2D eigenvalue weighted by molar-refractivity contribution is 5.93. The van der Waals surface area contributed by atoms with Gasteiger partial charge in [-0.25, -0.2) is 0 Å². The van der Waals surface area contributed by atoms with Gasteiger partial charge < -0.3 is 0 Å². The molecule has 0 heterocycles. The zero-order valence-corrected chi connectivity index (χ0v) is 9.74. The molecule has 0 nitrogen and oxygen atoms in total. The molecule has 0 saturated heterocycles. The van der Waals surface area contributed by atoms with Crippen LogP contribution in [0.1, 0.15) is 31.7 Å². The van der Waals surface area contributed by atoms with E-state index in [0.717, 1.165) is 18.4 Å². The third-order valence-corrected chi connectivity index (χ3v) is 2.94. The number of hydrogen-bond acceptors (Lipinski definition) is 0. The van der Waals surface area contributed by atoms with E-state index in [1.54, 1.807) is 0 Å². The topological polar surface area (TPSA) is 0 Å². The van der Waals surface area contributed by atoms with Crippen LogP contribution in [0.3, 0.4) is 0 Å². The predicted molar refractivity (Wildman–Crippen MR) is 71.2 cm³/mol. The Morgan fingerprint density at radius 1 is 1.06 bits per heavy atom. The SMILES string of the molecule is [CH]=C(CCCC)c1cccc2ccccc12. The van der Waals surface area contributed by atoms with Gasteiger partial charge in [-0.1, -0.05) is 62.4 Å². The van der Waals surface area contributed by atoms with E-state index in [-0.39, 0.29) is 0 Å². The highest BCUT2D eigenvalue weighted by Crippen LogP contribution is 2.26. The summed E-state index contributed by atoms with van der Waals surface area (Å²) in [5.74, 6) is 0. The van der Waals surface area contributed by atoms with E-state index in [1.165, 1.54) is 22.8 Å². The fraction of sp³-hybridized carbons (Fsp3) is 0.250. The van der Waals surface area contributed by atoms with Crippen molar-refractivity contribution in [2.45, 2.75) is 26.2 Å². The van der Waals surface area contributed by atoms with Gasteiger partial charge in [-0.3, -0.25) is 0 Å². The summed E-state index contributed by atoms with van der Waals surface area (Å²) < 4.78 is 0. The second-order valence-electron chi connectivity index (χ2n) is 4.16. The Morgan fingerprint density at radius 2 is 1.81 bits per heavy atom. The van der Waals surface area contributed by atoms with Crippen LogP contribution >= 0.6 is 0 Å². The maximum absolute atomic E-state index is 6.16. The van der Waals surface area contributed by atoms with E-state index in [0.29, 0.717) is 0 Å². The van der Waals surface area contributed by atoms with Gasteiger partial charge in [0.05, 0.1) is 0 Å². The van der Waals surface area contributed by atoms with E-state index in [9.17, 15) is 0 Å². The predicted octanol–water partition coefficient (Wildman–Crippen LogP) is 4.85. The van der Waals surface area contributed by atoms with E-state index in [4.69, 9.17) is 6.58 Å². The van der Waals surface area contributed by atoms with Crippen LogP contribution in [0.2, 0.25) is 0 Å². The lowest BCUT2D eigenvalue weighted by Crippen LogP contribution is -1.86. The summed E-state index contributed by atoms with van der Waals surface area (Å²) in [4.78, 5) is 0. The lowest BCUT2D eigenvalue weighted by molar-refractivity contribution is 0.825. The van der Waals surface area contributed by atoms with Crippen molar-refractivity contribution in [3.8, 4) is 0 Å². The van der Waals surface area contributed by atoms with Gasteiger partial charge in [-0.15, -0.1) is 0 Å². The smallest absolute Gasteiger partial charge is 0.0109 e. The molecule has 2 aromatic rings. The zero-order valence-electron chi connectivity index (χ0n) is 9.74. The summed E-state index contributed by atoms with van der Waals surface area (Å²) >= 11 is 0. The zero-order chi connectivity index (χ0) is 11.4.